The number of hydrogen-bond donors (Lipinski definition) is 2. The van der Waals surface area contributed by atoms with Gasteiger partial charge in [0, 0.05) is 18.7 Å². The van der Waals surface area contributed by atoms with E-state index in [1.165, 1.54) is 0 Å². The van der Waals surface area contributed by atoms with E-state index in [-0.39, 0.29) is 11.8 Å². The van der Waals surface area contributed by atoms with E-state index in [0.29, 0.717) is 23.0 Å². The molecule has 0 amide bonds. The van der Waals surface area contributed by atoms with Crippen LogP contribution in [0, 0.1) is 0 Å². The average molecular weight is 344 g/mol. The van der Waals surface area contributed by atoms with Crippen molar-refractivity contribution in [1.29, 1.82) is 0 Å². The van der Waals surface area contributed by atoms with E-state index in [9.17, 15) is 4.79 Å². The smallest absolute Gasteiger partial charge is 0.143 e. The first-order valence-electron chi connectivity index (χ1n) is 8.32. The maximum atomic E-state index is 12.4. The highest BCUT2D eigenvalue weighted by atomic mass is 16.5. The van der Waals surface area contributed by atoms with Gasteiger partial charge in [0.25, 0.3) is 0 Å². The number of ketones is 1. The van der Waals surface area contributed by atoms with Gasteiger partial charge in [-0.3, -0.25) is 4.79 Å². The van der Waals surface area contributed by atoms with Crippen LogP contribution in [-0.2, 0) is 4.79 Å². The average Bonchev–Trinajstić information content (AvgIpc) is 3.24. The van der Waals surface area contributed by atoms with Gasteiger partial charge in [0.2, 0.25) is 0 Å². The molecule has 0 unspecified atom stereocenters. The predicted molar refractivity (Wildman–Crippen MR) is 95.2 cm³/mol. The quantitative estimate of drug-likeness (QED) is 0.829. The molecule has 0 spiro atoms. The van der Waals surface area contributed by atoms with Gasteiger partial charge in [-0.2, -0.15) is 5.10 Å². The summed E-state index contributed by atoms with van der Waals surface area (Å²) < 4.78 is 12.5. The molecule has 1 saturated heterocycles. The van der Waals surface area contributed by atoms with Crippen LogP contribution in [0.2, 0.25) is 0 Å². The SMILES string of the molecule is COc1cc(OC)cc([C@H](C(C)=O)c2cc(N)n([C@H]3CCNC3)n2)c1. The highest BCUT2D eigenvalue weighted by Gasteiger charge is 2.27. The molecule has 3 rings (SSSR count). The molecule has 25 heavy (non-hydrogen) atoms. The van der Waals surface area contributed by atoms with Gasteiger partial charge >= 0.3 is 0 Å². The van der Waals surface area contributed by atoms with Gasteiger partial charge in [0.15, 0.2) is 0 Å². The van der Waals surface area contributed by atoms with Crippen LogP contribution in [0.5, 0.6) is 11.5 Å². The Morgan fingerprint density at radius 2 is 1.96 bits per heavy atom. The Balaban J connectivity index is 2.02. The molecule has 0 radical (unpaired) electrons. The zero-order valence-corrected chi connectivity index (χ0v) is 14.8. The molecule has 1 aliphatic rings. The molecule has 134 valence electrons. The fraction of sp³-hybridized carbons (Fsp3) is 0.444. The van der Waals surface area contributed by atoms with Crippen molar-refractivity contribution >= 4 is 11.6 Å². The Bertz CT molecular complexity index is 743. The number of nitrogens with zero attached hydrogens (tertiary/aromatic N) is 2. The summed E-state index contributed by atoms with van der Waals surface area (Å²) in [4.78, 5) is 12.4. The number of nitrogens with one attached hydrogen (secondary N) is 1. The fourth-order valence-corrected chi connectivity index (χ4v) is 3.32. The van der Waals surface area contributed by atoms with Gasteiger partial charge in [-0.1, -0.05) is 0 Å². The molecule has 0 aliphatic carbocycles. The number of Topliss-reactive ketones (excluding diaryl/α,β-unsaturated/α-hetero) is 1. The second-order valence-corrected chi connectivity index (χ2v) is 6.27. The number of carbonyl (C=O) groups is 1. The minimum absolute atomic E-state index is 0.00972. The van der Waals surface area contributed by atoms with Gasteiger partial charge in [0.1, 0.15) is 23.1 Å². The molecule has 7 heteroatoms. The van der Waals surface area contributed by atoms with Gasteiger partial charge in [-0.15, -0.1) is 0 Å². The maximum Gasteiger partial charge on any atom is 0.143 e. The zero-order valence-electron chi connectivity index (χ0n) is 14.8. The summed E-state index contributed by atoms with van der Waals surface area (Å²) in [6, 6.07) is 7.46. The highest BCUT2D eigenvalue weighted by molar-refractivity contribution is 5.87. The van der Waals surface area contributed by atoms with Crippen LogP contribution in [0.3, 0.4) is 0 Å². The van der Waals surface area contributed by atoms with Gasteiger partial charge in [0.05, 0.1) is 31.9 Å². The van der Waals surface area contributed by atoms with Crippen molar-refractivity contribution in [2.24, 2.45) is 0 Å². The summed E-state index contributed by atoms with van der Waals surface area (Å²) in [6.45, 7) is 3.34. The second-order valence-electron chi connectivity index (χ2n) is 6.27. The van der Waals surface area contributed by atoms with E-state index in [0.717, 1.165) is 25.1 Å². The van der Waals surface area contributed by atoms with Crippen molar-refractivity contribution in [2.45, 2.75) is 25.3 Å². The normalized spacial score (nSPS) is 18.1. The Labute approximate surface area is 147 Å². The molecular weight excluding hydrogens is 320 g/mol. The second kappa shape index (κ2) is 7.14. The minimum atomic E-state index is -0.512. The lowest BCUT2D eigenvalue weighted by Gasteiger charge is -2.15. The summed E-state index contributed by atoms with van der Waals surface area (Å²) >= 11 is 0. The van der Waals surface area contributed by atoms with Crippen LogP contribution < -0.4 is 20.5 Å². The van der Waals surface area contributed by atoms with Crippen LogP contribution >= 0.6 is 0 Å². The first kappa shape index (κ1) is 17.3. The van der Waals surface area contributed by atoms with Crippen LogP contribution in [0.1, 0.15) is 36.6 Å². The molecule has 3 N–H and O–H groups in total. The zero-order chi connectivity index (χ0) is 18.0. The Hall–Kier alpha value is -2.54. The topological polar surface area (TPSA) is 91.4 Å². The summed E-state index contributed by atoms with van der Waals surface area (Å²) in [5.41, 5.74) is 7.58. The van der Waals surface area contributed by atoms with Crippen molar-refractivity contribution in [2.75, 3.05) is 33.0 Å². The van der Waals surface area contributed by atoms with Crippen molar-refractivity contribution < 1.29 is 14.3 Å². The van der Waals surface area contributed by atoms with E-state index in [1.54, 1.807) is 33.3 Å². The molecule has 1 aromatic heterocycles. The van der Waals surface area contributed by atoms with Crippen molar-refractivity contribution in [1.82, 2.24) is 15.1 Å². The van der Waals surface area contributed by atoms with Crippen LogP contribution in [0.15, 0.2) is 24.3 Å². The molecule has 1 fully saturated rings. The molecular formula is C18H24N4O3. The fourth-order valence-electron chi connectivity index (χ4n) is 3.32. The number of ether oxygens (including phenoxy) is 2. The third-order valence-corrected chi connectivity index (χ3v) is 4.57. The molecule has 1 aliphatic heterocycles. The molecule has 2 aromatic rings. The number of rotatable bonds is 6. The molecule has 0 saturated carbocycles. The van der Waals surface area contributed by atoms with E-state index in [4.69, 9.17) is 15.2 Å². The number of anilines is 1. The molecule has 1 aromatic carbocycles. The van der Waals surface area contributed by atoms with Gasteiger partial charge in [-0.05, 0) is 37.6 Å². The summed E-state index contributed by atoms with van der Waals surface area (Å²) in [7, 11) is 3.17. The monoisotopic (exact) mass is 344 g/mol. The molecule has 2 atom stereocenters. The molecule has 2 heterocycles. The molecule has 7 nitrogen and oxygen atoms in total. The lowest BCUT2D eigenvalue weighted by atomic mass is 9.92. The lowest BCUT2D eigenvalue weighted by molar-refractivity contribution is -0.117. The Kier molecular flexibility index (Phi) is 4.94. The van der Waals surface area contributed by atoms with Crippen LogP contribution in [0.4, 0.5) is 5.82 Å². The number of aromatic nitrogens is 2. The Morgan fingerprint density at radius 1 is 1.28 bits per heavy atom. The van der Waals surface area contributed by atoms with E-state index < -0.39 is 5.92 Å². The number of hydrogen-bond acceptors (Lipinski definition) is 6. The lowest BCUT2D eigenvalue weighted by Crippen LogP contribution is -2.17. The number of nitrogen functional groups attached to an aromatic ring is 1. The number of carbonyl (C=O) groups excluding carboxylic acids is 1. The number of nitrogens with two attached hydrogens (primary N) is 1. The molecule has 0 bridgehead atoms. The third-order valence-electron chi connectivity index (χ3n) is 4.57. The number of benzene rings is 1. The largest absolute Gasteiger partial charge is 0.497 e. The van der Waals surface area contributed by atoms with Crippen LogP contribution in [-0.4, -0.2) is 42.9 Å². The van der Waals surface area contributed by atoms with E-state index >= 15 is 0 Å². The number of methoxy groups -OCH3 is 2. The van der Waals surface area contributed by atoms with Gasteiger partial charge in [-0.25, -0.2) is 4.68 Å². The summed E-state index contributed by atoms with van der Waals surface area (Å²) in [5.74, 6) is 1.32. The predicted octanol–water partition coefficient (Wildman–Crippen LogP) is 1.74. The van der Waals surface area contributed by atoms with Crippen LogP contribution in [0.25, 0.3) is 0 Å². The summed E-state index contributed by atoms with van der Waals surface area (Å²) in [5, 5.41) is 7.95. The van der Waals surface area contributed by atoms with Crippen molar-refractivity contribution in [3.63, 3.8) is 0 Å². The summed E-state index contributed by atoms with van der Waals surface area (Å²) in [6.07, 6.45) is 0.975. The Morgan fingerprint density at radius 3 is 2.48 bits per heavy atom. The van der Waals surface area contributed by atoms with E-state index in [1.807, 2.05) is 16.8 Å². The maximum absolute atomic E-state index is 12.4. The van der Waals surface area contributed by atoms with E-state index in [2.05, 4.69) is 10.4 Å². The minimum Gasteiger partial charge on any atom is -0.497 e. The first-order valence-corrected chi connectivity index (χ1v) is 8.32. The van der Waals surface area contributed by atoms with Crippen molar-refractivity contribution in [3.05, 3.63) is 35.5 Å². The highest BCUT2D eigenvalue weighted by Crippen LogP contribution is 2.33. The van der Waals surface area contributed by atoms with Gasteiger partial charge < -0.3 is 20.5 Å². The standard InChI is InChI=1S/C18H24N4O3/c1-11(23)18(12-6-14(24-2)8-15(7-12)25-3)16-9-17(19)22(21-16)13-4-5-20-10-13/h6-9,13,18,20H,4-5,10,19H2,1-3H3/t13-,18-/m0/s1. The first-order chi connectivity index (χ1) is 12.0. The van der Waals surface area contributed by atoms with Crippen molar-refractivity contribution in [3.8, 4) is 11.5 Å². The third kappa shape index (κ3) is 3.46.